The molecule has 0 radical (unpaired) electrons. The average Bonchev–Trinajstić information content (AvgIpc) is 3.30. The number of β-lactam (4-membered cyclic amide) rings is 1. The summed E-state index contributed by atoms with van der Waals surface area (Å²) in [5.41, 5.74) is -1.03. The Balaban J connectivity index is 1.43. The Morgan fingerprint density at radius 2 is 1.89 bits per heavy atom. The highest BCUT2D eigenvalue weighted by atomic mass is 32.2. The zero-order valence-corrected chi connectivity index (χ0v) is 20.5. The Morgan fingerprint density at radius 3 is 2.50 bits per heavy atom. The van der Waals surface area contributed by atoms with Crippen molar-refractivity contribution in [3.8, 4) is 0 Å². The van der Waals surface area contributed by atoms with Crippen LogP contribution in [0.2, 0.25) is 0 Å². The SMILES string of the molecule is O=C(O)Cn1nnnc1SCC1=C(C(=O)O)N2C(=O)C(NC(=O)[C@H](O)c3ccc(C(F)(F)F)cc3)[C@H]2SC1. The maximum Gasteiger partial charge on any atom is 0.416 e. The molecule has 2 amide bonds. The number of fused-ring (bicyclic) bond motifs is 1. The number of aliphatic hydroxyl groups excluding tert-OH is 1. The molecule has 2 aliphatic rings. The Kier molecular flexibility index (Phi) is 7.65. The number of aromatic nitrogens is 4. The number of aliphatic carboxylic acids is 2. The third kappa shape index (κ3) is 5.46. The first-order valence-corrected chi connectivity index (χ1v) is 12.6. The van der Waals surface area contributed by atoms with Crippen LogP contribution in [-0.2, 0) is 31.9 Å². The molecule has 1 aromatic heterocycles. The standard InChI is InChI=1S/C20H17F3N6O7S2/c21-20(22,23)10-3-1-8(2-4-10)14(32)15(33)24-12-16(34)29-13(18(35)36)9(6-37-17(12)29)7-38-19-25-26-27-28(19)5-11(30)31/h1-4,12,14,17,32H,5-7H2,(H,24,33)(H,30,31)(H,35,36)/t12?,14-,17-/m1/s1. The van der Waals surface area contributed by atoms with Crippen LogP contribution in [0.25, 0.3) is 0 Å². The van der Waals surface area contributed by atoms with Crippen molar-refractivity contribution in [2.45, 2.75) is 35.4 Å². The first-order chi connectivity index (χ1) is 17.9. The van der Waals surface area contributed by atoms with Gasteiger partial charge in [-0.3, -0.25) is 19.3 Å². The molecule has 202 valence electrons. The maximum absolute atomic E-state index is 12.8. The van der Waals surface area contributed by atoms with Gasteiger partial charge in [0, 0.05) is 11.5 Å². The smallest absolute Gasteiger partial charge is 0.416 e. The molecule has 4 rings (SSSR count). The molecule has 0 spiro atoms. The number of carbonyl (C=O) groups is 4. The van der Waals surface area contributed by atoms with Gasteiger partial charge in [-0.05, 0) is 33.7 Å². The molecule has 1 aromatic carbocycles. The molecule has 38 heavy (non-hydrogen) atoms. The van der Waals surface area contributed by atoms with E-state index in [9.17, 15) is 42.6 Å². The summed E-state index contributed by atoms with van der Waals surface area (Å²) in [4.78, 5) is 49.2. The van der Waals surface area contributed by atoms with Crippen LogP contribution in [0.4, 0.5) is 13.2 Å². The van der Waals surface area contributed by atoms with Gasteiger partial charge in [-0.25, -0.2) is 9.48 Å². The Hall–Kier alpha value is -3.64. The molecule has 13 nitrogen and oxygen atoms in total. The molecule has 0 saturated carbocycles. The number of aliphatic hydroxyl groups is 1. The molecule has 18 heteroatoms. The van der Waals surface area contributed by atoms with E-state index < -0.39 is 59.6 Å². The molecule has 0 bridgehead atoms. The van der Waals surface area contributed by atoms with Gasteiger partial charge < -0.3 is 20.6 Å². The summed E-state index contributed by atoms with van der Waals surface area (Å²) in [5, 5.41) is 41.3. The second-order valence-electron chi connectivity index (χ2n) is 7.98. The summed E-state index contributed by atoms with van der Waals surface area (Å²) in [5.74, 6) is -4.16. The van der Waals surface area contributed by atoms with E-state index in [0.717, 1.165) is 45.2 Å². The van der Waals surface area contributed by atoms with E-state index in [4.69, 9.17) is 5.11 Å². The number of thioether (sulfide) groups is 2. The van der Waals surface area contributed by atoms with Crippen LogP contribution in [0.1, 0.15) is 17.2 Å². The van der Waals surface area contributed by atoms with Crippen molar-refractivity contribution < 1.29 is 47.7 Å². The van der Waals surface area contributed by atoms with Crippen molar-refractivity contribution in [2.75, 3.05) is 11.5 Å². The third-order valence-electron chi connectivity index (χ3n) is 5.51. The van der Waals surface area contributed by atoms with E-state index in [0.29, 0.717) is 17.7 Å². The van der Waals surface area contributed by atoms with Crippen molar-refractivity contribution >= 4 is 47.3 Å². The zero-order valence-electron chi connectivity index (χ0n) is 18.8. The number of carbonyl (C=O) groups excluding carboxylic acids is 2. The van der Waals surface area contributed by atoms with E-state index in [1.165, 1.54) is 0 Å². The van der Waals surface area contributed by atoms with Gasteiger partial charge in [-0.15, -0.1) is 16.9 Å². The predicted molar refractivity (Wildman–Crippen MR) is 122 cm³/mol. The lowest BCUT2D eigenvalue weighted by Gasteiger charge is -2.49. The Bertz CT molecular complexity index is 1320. The van der Waals surface area contributed by atoms with Gasteiger partial charge in [-0.1, -0.05) is 23.9 Å². The number of alkyl halides is 3. The summed E-state index contributed by atoms with van der Waals surface area (Å²) in [6, 6.07) is 2.15. The van der Waals surface area contributed by atoms with Gasteiger partial charge in [0.1, 0.15) is 23.7 Å². The number of benzene rings is 1. The van der Waals surface area contributed by atoms with Gasteiger partial charge in [0.05, 0.1) is 5.56 Å². The molecule has 1 unspecified atom stereocenters. The van der Waals surface area contributed by atoms with Crippen LogP contribution in [0, 0.1) is 0 Å². The highest BCUT2D eigenvalue weighted by Gasteiger charge is 2.54. The largest absolute Gasteiger partial charge is 0.480 e. The van der Waals surface area contributed by atoms with Crippen LogP contribution in [-0.4, -0.2) is 87.1 Å². The molecule has 0 aliphatic carbocycles. The molecule has 3 atom stereocenters. The molecule has 4 N–H and O–H groups in total. The lowest BCUT2D eigenvalue weighted by Crippen LogP contribution is -2.70. The van der Waals surface area contributed by atoms with E-state index >= 15 is 0 Å². The minimum atomic E-state index is -4.59. The molecule has 3 heterocycles. The molecule has 2 aromatic rings. The van der Waals surface area contributed by atoms with E-state index in [1.807, 2.05) is 0 Å². The summed E-state index contributed by atoms with van der Waals surface area (Å²) in [6.45, 7) is -0.499. The van der Waals surface area contributed by atoms with Gasteiger partial charge in [0.2, 0.25) is 5.16 Å². The summed E-state index contributed by atoms with van der Waals surface area (Å²) in [6.07, 6.45) is -6.45. The van der Waals surface area contributed by atoms with E-state index in [-0.39, 0.29) is 27.9 Å². The average molecular weight is 575 g/mol. The van der Waals surface area contributed by atoms with Gasteiger partial charge in [-0.2, -0.15) is 13.2 Å². The molecule has 1 saturated heterocycles. The minimum absolute atomic E-state index is 0.0365. The number of tetrazole rings is 1. The minimum Gasteiger partial charge on any atom is -0.480 e. The van der Waals surface area contributed by atoms with Gasteiger partial charge >= 0.3 is 18.1 Å². The Morgan fingerprint density at radius 1 is 1.21 bits per heavy atom. The second kappa shape index (κ2) is 10.6. The van der Waals surface area contributed by atoms with Crippen LogP contribution >= 0.6 is 23.5 Å². The molecular weight excluding hydrogens is 557 g/mol. The quantitative estimate of drug-likeness (QED) is 0.238. The van der Waals surface area contributed by atoms with Crippen LogP contribution in [0.3, 0.4) is 0 Å². The number of rotatable bonds is 9. The van der Waals surface area contributed by atoms with Gasteiger partial charge in [0.15, 0.2) is 6.10 Å². The van der Waals surface area contributed by atoms with Gasteiger partial charge in [0.25, 0.3) is 11.8 Å². The maximum atomic E-state index is 12.8. The molecular formula is C20H17F3N6O7S2. The van der Waals surface area contributed by atoms with Crippen LogP contribution in [0.5, 0.6) is 0 Å². The number of nitrogens with zero attached hydrogens (tertiary/aromatic N) is 5. The van der Waals surface area contributed by atoms with E-state index in [1.54, 1.807) is 0 Å². The normalized spacial score (nSPS) is 20.0. The number of halogens is 3. The van der Waals surface area contributed by atoms with Crippen LogP contribution < -0.4 is 5.32 Å². The summed E-state index contributed by atoms with van der Waals surface area (Å²) in [7, 11) is 0. The topological polar surface area (TPSA) is 188 Å². The fourth-order valence-corrected chi connectivity index (χ4v) is 6.07. The Labute approximate surface area is 219 Å². The van der Waals surface area contributed by atoms with Crippen molar-refractivity contribution in [1.82, 2.24) is 30.4 Å². The summed E-state index contributed by atoms with van der Waals surface area (Å²) < 4.78 is 39.2. The lowest BCUT2D eigenvalue weighted by atomic mass is 10.0. The third-order valence-corrected chi connectivity index (χ3v) is 7.89. The first-order valence-electron chi connectivity index (χ1n) is 10.5. The first kappa shape index (κ1) is 27.4. The monoisotopic (exact) mass is 574 g/mol. The lowest BCUT2D eigenvalue weighted by molar-refractivity contribution is -0.151. The number of amides is 2. The number of carboxylic acids is 2. The van der Waals surface area contributed by atoms with Crippen molar-refractivity contribution in [3.63, 3.8) is 0 Å². The second-order valence-corrected chi connectivity index (χ2v) is 10.0. The number of carboxylic acid groups (broad SMARTS) is 2. The fourth-order valence-electron chi connectivity index (χ4n) is 3.71. The van der Waals surface area contributed by atoms with Crippen molar-refractivity contribution in [2.24, 2.45) is 0 Å². The fraction of sp³-hybridized carbons (Fsp3) is 0.350. The van der Waals surface area contributed by atoms with E-state index in [2.05, 4.69) is 20.8 Å². The predicted octanol–water partition coefficient (Wildman–Crippen LogP) is 0.341. The highest BCUT2D eigenvalue weighted by Crippen LogP contribution is 2.41. The van der Waals surface area contributed by atoms with Crippen LogP contribution in [0.15, 0.2) is 40.7 Å². The van der Waals surface area contributed by atoms with Crippen molar-refractivity contribution in [1.29, 1.82) is 0 Å². The number of hydrogen-bond acceptors (Lipinski definition) is 10. The summed E-state index contributed by atoms with van der Waals surface area (Å²) >= 11 is 2.14. The molecule has 2 aliphatic heterocycles. The van der Waals surface area contributed by atoms with Crippen molar-refractivity contribution in [3.05, 3.63) is 46.7 Å². The number of hydrogen-bond donors (Lipinski definition) is 4. The zero-order chi connectivity index (χ0) is 27.8. The number of nitrogens with one attached hydrogen (secondary N) is 1. The molecule has 1 fully saturated rings. The highest BCUT2D eigenvalue weighted by molar-refractivity contribution is 8.01.